The lowest BCUT2D eigenvalue weighted by atomic mass is 10.1. The first-order valence-corrected chi connectivity index (χ1v) is 7.08. The first-order valence-electron chi connectivity index (χ1n) is 7.08. The number of benzene rings is 1. The molecule has 21 heavy (non-hydrogen) atoms. The summed E-state index contributed by atoms with van der Waals surface area (Å²) in [6, 6.07) is 13.2. The van der Waals surface area contributed by atoms with E-state index < -0.39 is 0 Å². The Kier molecular flexibility index (Phi) is 5.32. The SMILES string of the molecule is CC(C)CC(=O)NCc1cccc(Oc2ccccn2)c1. The molecule has 2 aromatic rings. The minimum Gasteiger partial charge on any atom is -0.439 e. The van der Waals surface area contributed by atoms with Gasteiger partial charge in [-0.3, -0.25) is 4.79 Å². The summed E-state index contributed by atoms with van der Waals surface area (Å²) >= 11 is 0. The maximum Gasteiger partial charge on any atom is 0.220 e. The highest BCUT2D eigenvalue weighted by molar-refractivity contribution is 5.76. The van der Waals surface area contributed by atoms with Gasteiger partial charge in [-0.1, -0.05) is 32.0 Å². The maximum atomic E-state index is 11.7. The van der Waals surface area contributed by atoms with Crippen molar-refractivity contribution in [3.05, 3.63) is 54.2 Å². The van der Waals surface area contributed by atoms with Crippen molar-refractivity contribution in [3.63, 3.8) is 0 Å². The normalized spacial score (nSPS) is 10.4. The van der Waals surface area contributed by atoms with Gasteiger partial charge >= 0.3 is 0 Å². The van der Waals surface area contributed by atoms with E-state index in [9.17, 15) is 4.79 Å². The van der Waals surface area contributed by atoms with E-state index in [1.165, 1.54) is 0 Å². The van der Waals surface area contributed by atoms with Crippen LogP contribution in [0.2, 0.25) is 0 Å². The molecule has 2 rings (SSSR count). The minimum absolute atomic E-state index is 0.0704. The van der Waals surface area contributed by atoms with Gasteiger partial charge < -0.3 is 10.1 Å². The van der Waals surface area contributed by atoms with Crippen molar-refractivity contribution in [1.82, 2.24) is 10.3 Å². The van der Waals surface area contributed by atoms with E-state index >= 15 is 0 Å². The first kappa shape index (κ1) is 15.0. The second-order valence-corrected chi connectivity index (χ2v) is 5.29. The van der Waals surface area contributed by atoms with Gasteiger partial charge in [-0.05, 0) is 29.7 Å². The Balaban J connectivity index is 1.93. The van der Waals surface area contributed by atoms with Crippen LogP contribution in [0, 0.1) is 5.92 Å². The molecule has 0 spiro atoms. The molecule has 1 heterocycles. The van der Waals surface area contributed by atoms with Crippen LogP contribution < -0.4 is 10.1 Å². The molecule has 1 aromatic carbocycles. The topological polar surface area (TPSA) is 51.2 Å². The Hall–Kier alpha value is -2.36. The van der Waals surface area contributed by atoms with Gasteiger partial charge in [0, 0.05) is 25.2 Å². The number of carbonyl (C=O) groups is 1. The monoisotopic (exact) mass is 284 g/mol. The van der Waals surface area contributed by atoms with Gasteiger partial charge in [0.1, 0.15) is 5.75 Å². The van der Waals surface area contributed by atoms with E-state index in [-0.39, 0.29) is 5.91 Å². The molecular formula is C17H20N2O2. The Morgan fingerprint density at radius 3 is 2.81 bits per heavy atom. The summed E-state index contributed by atoms with van der Waals surface area (Å²) < 4.78 is 5.67. The summed E-state index contributed by atoms with van der Waals surface area (Å²) in [5.74, 6) is 1.70. The molecule has 0 fully saturated rings. The molecule has 0 radical (unpaired) electrons. The summed E-state index contributed by atoms with van der Waals surface area (Å²) in [5, 5.41) is 2.91. The summed E-state index contributed by atoms with van der Waals surface area (Å²) in [4.78, 5) is 15.8. The van der Waals surface area contributed by atoms with E-state index in [0.717, 1.165) is 5.56 Å². The second kappa shape index (κ2) is 7.43. The van der Waals surface area contributed by atoms with Crippen LogP contribution in [0.4, 0.5) is 0 Å². The van der Waals surface area contributed by atoms with Crippen LogP contribution >= 0.6 is 0 Å². The second-order valence-electron chi connectivity index (χ2n) is 5.29. The highest BCUT2D eigenvalue weighted by Crippen LogP contribution is 2.19. The van der Waals surface area contributed by atoms with Gasteiger partial charge in [-0.15, -0.1) is 0 Å². The van der Waals surface area contributed by atoms with Crippen molar-refractivity contribution in [2.24, 2.45) is 5.92 Å². The lowest BCUT2D eigenvalue weighted by Gasteiger charge is -2.09. The summed E-state index contributed by atoms with van der Waals surface area (Å²) in [6.45, 7) is 4.56. The van der Waals surface area contributed by atoms with E-state index in [4.69, 9.17) is 4.74 Å². The van der Waals surface area contributed by atoms with Crippen molar-refractivity contribution in [2.45, 2.75) is 26.8 Å². The molecule has 0 aliphatic carbocycles. The Morgan fingerprint density at radius 1 is 1.24 bits per heavy atom. The van der Waals surface area contributed by atoms with Crippen LogP contribution in [0.25, 0.3) is 0 Å². The lowest BCUT2D eigenvalue weighted by Crippen LogP contribution is -2.23. The summed E-state index contributed by atoms with van der Waals surface area (Å²) in [5.41, 5.74) is 1.00. The number of nitrogens with one attached hydrogen (secondary N) is 1. The first-order chi connectivity index (χ1) is 10.1. The molecule has 4 heteroatoms. The van der Waals surface area contributed by atoms with E-state index in [2.05, 4.69) is 10.3 Å². The van der Waals surface area contributed by atoms with Gasteiger partial charge in [-0.25, -0.2) is 4.98 Å². The molecule has 0 atom stereocenters. The number of hydrogen-bond acceptors (Lipinski definition) is 3. The number of nitrogens with zero attached hydrogens (tertiary/aromatic N) is 1. The Labute approximate surface area is 125 Å². The molecule has 1 N–H and O–H groups in total. The molecule has 1 aromatic heterocycles. The van der Waals surface area contributed by atoms with E-state index in [1.807, 2.05) is 50.2 Å². The molecule has 0 aliphatic rings. The molecule has 0 aliphatic heterocycles. The van der Waals surface area contributed by atoms with Crippen molar-refractivity contribution >= 4 is 5.91 Å². The minimum atomic E-state index is 0.0704. The quantitative estimate of drug-likeness (QED) is 0.882. The number of rotatable bonds is 6. The zero-order valence-electron chi connectivity index (χ0n) is 12.4. The van der Waals surface area contributed by atoms with E-state index in [1.54, 1.807) is 12.3 Å². The Morgan fingerprint density at radius 2 is 2.10 bits per heavy atom. The zero-order chi connectivity index (χ0) is 15.1. The lowest BCUT2D eigenvalue weighted by molar-refractivity contribution is -0.121. The van der Waals surface area contributed by atoms with Crippen LogP contribution in [0.1, 0.15) is 25.8 Å². The van der Waals surface area contributed by atoms with Crippen LogP contribution in [-0.4, -0.2) is 10.9 Å². The van der Waals surface area contributed by atoms with Crippen molar-refractivity contribution in [3.8, 4) is 11.6 Å². The van der Waals surface area contributed by atoms with E-state index in [0.29, 0.717) is 30.5 Å². The largest absolute Gasteiger partial charge is 0.439 e. The molecule has 110 valence electrons. The van der Waals surface area contributed by atoms with Gasteiger partial charge in [0.2, 0.25) is 11.8 Å². The molecule has 0 saturated carbocycles. The number of pyridine rings is 1. The fourth-order valence-corrected chi connectivity index (χ4v) is 1.89. The van der Waals surface area contributed by atoms with Gasteiger partial charge in [0.15, 0.2) is 0 Å². The molecule has 0 saturated heterocycles. The Bertz CT molecular complexity index is 582. The standard InChI is InChI=1S/C17H20N2O2/c1-13(2)10-16(20)19-12-14-6-5-7-15(11-14)21-17-8-3-4-9-18-17/h3-9,11,13H,10,12H2,1-2H3,(H,19,20). The van der Waals surface area contributed by atoms with Gasteiger partial charge in [-0.2, -0.15) is 0 Å². The molecule has 4 nitrogen and oxygen atoms in total. The highest BCUT2D eigenvalue weighted by atomic mass is 16.5. The molecular weight excluding hydrogens is 264 g/mol. The van der Waals surface area contributed by atoms with Crippen molar-refractivity contribution < 1.29 is 9.53 Å². The van der Waals surface area contributed by atoms with Crippen LogP contribution in [0.15, 0.2) is 48.7 Å². The van der Waals surface area contributed by atoms with Crippen molar-refractivity contribution in [2.75, 3.05) is 0 Å². The predicted octanol–water partition coefficient (Wildman–Crippen LogP) is 3.54. The summed E-state index contributed by atoms with van der Waals surface area (Å²) in [7, 11) is 0. The number of ether oxygens (including phenoxy) is 1. The van der Waals surface area contributed by atoms with Gasteiger partial charge in [0.05, 0.1) is 0 Å². The predicted molar refractivity (Wildman–Crippen MR) is 82.1 cm³/mol. The highest BCUT2D eigenvalue weighted by Gasteiger charge is 2.05. The smallest absolute Gasteiger partial charge is 0.220 e. The number of carbonyl (C=O) groups excluding carboxylic acids is 1. The molecule has 0 unspecified atom stereocenters. The third-order valence-electron chi connectivity index (χ3n) is 2.84. The number of hydrogen-bond donors (Lipinski definition) is 1. The zero-order valence-corrected chi connectivity index (χ0v) is 12.4. The fraction of sp³-hybridized carbons (Fsp3) is 0.294. The third kappa shape index (κ3) is 5.26. The average molecular weight is 284 g/mol. The average Bonchev–Trinajstić information content (AvgIpc) is 2.46. The van der Waals surface area contributed by atoms with Crippen molar-refractivity contribution in [1.29, 1.82) is 0 Å². The van der Waals surface area contributed by atoms with Gasteiger partial charge in [0.25, 0.3) is 0 Å². The number of amides is 1. The van der Waals surface area contributed by atoms with Crippen LogP contribution in [0.5, 0.6) is 11.6 Å². The maximum absolute atomic E-state index is 11.7. The molecule has 1 amide bonds. The number of aromatic nitrogens is 1. The fourth-order valence-electron chi connectivity index (χ4n) is 1.89. The third-order valence-corrected chi connectivity index (χ3v) is 2.84. The van der Waals surface area contributed by atoms with Crippen LogP contribution in [0.3, 0.4) is 0 Å². The molecule has 0 bridgehead atoms. The summed E-state index contributed by atoms with van der Waals surface area (Å²) in [6.07, 6.45) is 2.23. The van der Waals surface area contributed by atoms with Crippen LogP contribution in [-0.2, 0) is 11.3 Å².